The van der Waals surface area contributed by atoms with Gasteiger partial charge in [-0.05, 0) is 30.1 Å². The third-order valence-corrected chi connectivity index (χ3v) is 4.94. The SMILES string of the molecule is CCN(CC)CCNC(=O)c1cc(-c2cnc3ccnn3c2)cs1. The van der Waals surface area contributed by atoms with Crippen molar-refractivity contribution in [1.29, 1.82) is 0 Å². The molecule has 1 N–H and O–H groups in total. The van der Waals surface area contributed by atoms with Crippen molar-refractivity contribution in [3.05, 3.63) is 41.0 Å². The number of thiophene rings is 1. The lowest BCUT2D eigenvalue weighted by Crippen LogP contribution is -2.34. The largest absolute Gasteiger partial charge is 0.350 e. The predicted octanol–water partition coefficient (Wildman–Crippen LogP) is 2.53. The number of hydrogen-bond acceptors (Lipinski definition) is 5. The third kappa shape index (κ3) is 3.63. The smallest absolute Gasteiger partial charge is 0.261 e. The van der Waals surface area contributed by atoms with Crippen LogP contribution in [-0.2, 0) is 0 Å². The second kappa shape index (κ2) is 7.55. The number of likely N-dealkylation sites (N-methyl/N-ethyl adjacent to an activating group) is 1. The average molecular weight is 343 g/mol. The summed E-state index contributed by atoms with van der Waals surface area (Å²) in [6.07, 6.45) is 5.45. The van der Waals surface area contributed by atoms with E-state index in [2.05, 4.69) is 34.1 Å². The minimum absolute atomic E-state index is 0.0217. The van der Waals surface area contributed by atoms with Gasteiger partial charge in [-0.25, -0.2) is 9.50 Å². The molecule has 0 aliphatic rings. The molecule has 0 aromatic carbocycles. The second-order valence-corrected chi connectivity index (χ2v) is 6.37. The van der Waals surface area contributed by atoms with E-state index < -0.39 is 0 Å². The topological polar surface area (TPSA) is 62.5 Å². The van der Waals surface area contributed by atoms with Gasteiger partial charge >= 0.3 is 0 Å². The summed E-state index contributed by atoms with van der Waals surface area (Å²) >= 11 is 1.45. The molecule has 3 aromatic heterocycles. The molecule has 3 rings (SSSR count). The van der Waals surface area contributed by atoms with Crippen molar-refractivity contribution < 1.29 is 4.79 Å². The number of nitrogens with zero attached hydrogens (tertiary/aromatic N) is 4. The summed E-state index contributed by atoms with van der Waals surface area (Å²) in [5, 5.41) is 9.16. The van der Waals surface area contributed by atoms with Gasteiger partial charge in [0.2, 0.25) is 0 Å². The normalized spacial score (nSPS) is 11.3. The van der Waals surface area contributed by atoms with Crippen LogP contribution in [0.2, 0.25) is 0 Å². The Morgan fingerprint density at radius 1 is 1.33 bits per heavy atom. The van der Waals surface area contributed by atoms with Crippen molar-refractivity contribution in [3.63, 3.8) is 0 Å². The van der Waals surface area contributed by atoms with Gasteiger partial charge in [-0.15, -0.1) is 11.3 Å². The molecule has 7 heteroatoms. The molecular formula is C17H21N5OS. The van der Waals surface area contributed by atoms with Crippen LogP contribution in [0.25, 0.3) is 16.8 Å². The minimum Gasteiger partial charge on any atom is -0.350 e. The Labute approximate surface area is 145 Å². The molecule has 0 radical (unpaired) electrons. The van der Waals surface area contributed by atoms with Crippen LogP contribution in [0.4, 0.5) is 0 Å². The van der Waals surface area contributed by atoms with Crippen LogP contribution in [0.1, 0.15) is 23.5 Å². The van der Waals surface area contributed by atoms with Crippen LogP contribution in [0.15, 0.2) is 36.1 Å². The van der Waals surface area contributed by atoms with Crippen LogP contribution in [-0.4, -0.2) is 51.6 Å². The molecule has 3 aromatic rings. The van der Waals surface area contributed by atoms with Gasteiger partial charge in [0, 0.05) is 37.1 Å². The summed E-state index contributed by atoms with van der Waals surface area (Å²) in [6.45, 7) is 7.78. The Morgan fingerprint density at radius 2 is 2.17 bits per heavy atom. The van der Waals surface area contributed by atoms with E-state index in [0.717, 1.165) is 36.4 Å². The van der Waals surface area contributed by atoms with Gasteiger partial charge < -0.3 is 10.2 Å². The molecular weight excluding hydrogens is 322 g/mol. The summed E-state index contributed by atoms with van der Waals surface area (Å²) in [7, 11) is 0. The zero-order chi connectivity index (χ0) is 16.9. The van der Waals surface area contributed by atoms with Gasteiger partial charge in [0.25, 0.3) is 5.91 Å². The summed E-state index contributed by atoms with van der Waals surface area (Å²) < 4.78 is 1.73. The van der Waals surface area contributed by atoms with Gasteiger partial charge in [-0.2, -0.15) is 5.10 Å². The first-order chi connectivity index (χ1) is 11.7. The minimum atomic E-state index is -0.0217. The number of fused-ring (bicyclic) bond motifs is 1. The quantitative estimate of drug-likeness (QED) is 0.716. The van der Waals surface area contributed by atoms with Gasteiger partial charge in [0.15, 0.2) is 5.65 Å². The number of rotatable bonds is 7. The van der Waals surface area contributed by atoms with Crippen molar-refractivity contribution in [1.82, 2.24) is 24.8 Å². The summed E-state index contributed by atoms with van der Waals surface area (Å²) in [5.41, 5.74) is 2.74. The molecule has 0 aliphatic carbocycles. The van der Waals surface area contributed by atoms with E-state index in [1.807, 2.05) is 23.7 Å². The second-order valence-electron chi connectivity index (χ2n) is 5.46. The number of amides is 1. The lowest BCUT2D eigenvalue weighted by Gasteiger charge is -2.17. The highest BCUT2D eigenvalue weighted by Crippen LogP contribution is 2.25. The van der Waals surface area contributed by atoms with Gasteiger partial charge in [-0.3, -0.25) is 4.79 Å². The van der Waals surface area contributed by atoms with Gasteiger partial charge in [0.1, 0.15) is 0 Å². The number of carbonyl (C=O) groups is 1. The van der Waals surface area contributed by atoms with Crippen molar-refractivity contribution >= 4 is 22.9 Å². The molecule has 1 amide bonds. The number of nitrogens with one attached hydrogen (secondary N) is 1. The molecule has 0 fully saturated rings. The van der Waals surface area contributed by atoms with E-state index in [1.54, 1.807) is 16.9 Å². The van der Waals surface area contributed by atoms with Crippen LogP contribution in [0.5, 0.6) is 0 Å². The Balaban J connectivity index is 1.65. The molecule has 126 valence electrons. The zero-order valence-electron chi connectivity index (χ0n) is 13.9. The van der Waals surface area contributed by atoms with E-state index in [1.165, 1.54) is 11.3 Å². The molecule has 6 nitrogen and oxygen atoms in total. The van der Waals surface area contributed by atoms with Crippen molar-refractivity contribution in [2.45, 2.75) is 13.8 Å². The molecule has 24 heavy (non-hydrogen) atoms. The lowest BCUT2D eigenvalue weighted by molar-refractivity contribution is 0.0953. The molecule has 0 unspecified atom stereocenters. The van der Waals surface area contributed by atoms with Gasteiger partial charge in [0.05, 0.1) is 11.1 Å². The first kappa shape index (κ1) is 16.6. The zero-order valence-corrected chi connectivity index (χ0v) is 14.7. The molecule has 0 saturated carbocycles. The molecule has 0 spiro atoms. The predicted molar refractivity (Wildman–Crippen MR) is 96.4 cm³/mol. The van der Waals surface area contributed by atoms with Crippen molar-refractivity contribution in [2.75, 3.05) is 26.2 Å². The fraction of sp³-hybridized carbons (Fsp3) is 0.353. The first-order valence-electron chi connectivity index (χ1n) is 8.10. The maximum Gasteiger partial charge on any atom is 0.261 e. The summed E-state index contributed by atoms with van der Waals surface area (Å²) in [6, 6.07) is 3.76. The fourth-order valence-corrected chi connectivity index (χ4v) is 3.35. The highest BCUT2D eigenvalue weighted by Gasteiger charge is 2.11. The highest BCUT2D eigenvalue weighted by atomic mass is 32.1. The maximum absolute atomic E-state index is 12.3. The van der Waals surface area contributed by atoms with Crippen LogP contribution in [0.3, 0.4) is 0 Å². The van der Waals surface area contributed by atoms with Crippen LogP contribution in [0, 0.1) is 0 Å². The van der Waals surface area contributed by atoms with Gasteiger partial charge in [-0.1, -0.05) is 13.8 Å². The van der Waals surface area contributed by atoms with Crippen LogP contribution < -0.4 is 5.32 Å². The Morgan fingerprint density at radius 3 is 2.96 bits per heavy atom. The molecule has 0 aliphatic heterocycles. The van der Waals surface area contributed by atoms with Crippen molar-refractivity contribution in [2.24, 2.45) is 0 Å². The van der Waals surface area contributed by atoms with E-state index in [0.29, 0.717) is 11.4 Å². The van der Waals surface area contributed by atoms with E-state index >= 15 is 0 Å². The Hall–Kier alpha value is -2.25. The van der Waals surface area contributed by atoms with Crippen LogP contribution >= 0.6 is 11.3 Å². The molecule has 3 heterocycles. The van der Waals surface area contributed by atoms with E-state index in [4.69, 9.17) is 0 Å². The summed E-state index contributed by atoms with van der Waals surface area (Å²) in [4.78, 5) is 19.6. The standard InChI is InChI=1S/C17H21N5OS/c1-3-21(4-2)8-7-18-17(23)15-9-13(12-24-15)14-10-19-16-5-6-20-22(16)11-14/h5-6,9-12H,3-4,7-8H2,1-2H3,(H,18,23). The summed E-state index contributed by atoms with van der Waals surface area (Å²) in [5.74, 6) is -0.0217. The van der Waals surface area contributed by atoms with E-state index in [-0.39, 0.29) is 5.91 Å². The lowest BCUT2D eigenvalue weighted by atomic mass is 10.2. The molecule has 0 atom stereocenters. The molecule has 0 bridgehead atoms. The average Bonchev–Trinajstić information content (AvgIpc) is 3.26. The number of hydrogen-bond donors (Lipinski definition) is 1. The highest BCUT2D eigenvalue weighted by molar-refractivity contribution is 7.12. The Bertz CT molecular complexity index is 821. The number of aromatic nitrogens is 3. The van der Waals surface area contributed by atoms with Crippen molar-refractivity contribution in [3.8, 4) is 11.1 Å². The number of carbonyl (C=O) groups excluding carboxylic acids is 1. The Kier molecular flexibility index (Phi) is 5.22. The maximum atomic E-state index is 12.3. The molecule has 0 saturated heterocycles. The fourth-order valence-electron chi connectivity index (χ4n) is 2.52. The monoisotopic (exact) mass is 343 g/mol. The third-order valence-electron chi connectivity index (χ3n) is 4.01. The first-order valence-corrected chi connectivity index (χ1v) is 8.98. The van der Waals surface area contributed by atoms with E-state index in [9.17, 15) is 4.79 Å².